The normalized spacial score (nSPS) is 35.8. The third-order valence-electron chi connectivity index (χ3n) is 3.41. The molecule has 4 atom stereocenters. The molecular weight excluding hydrogens is 254 g/mol. The average Bonchev–Trinajstić information content (AvgIpc) is 2.70. The molecule has 106 valence electrons. The molecule has 0 aromatic carbocycles. The Hall–Kier alpha value is -1.28. The minimum Gasteiger partial charge on any atom is -0.394 e. The molecule has 2 aliphatic rings. The Morgan fingerprint density at radius 2 is 2.21 bits per heavy atom. The van der Waals surface area contributed by atoms with Crippen molar-refractivity contribution in [2.45, 2.75) is 37.9 Å². The van der Waals surface area contributed by atoms with Crippen LogP contribution in [0, 0.1) is 0 Å². The highest BCUT2D eigenvalue weighted by Crippen LogP contribution is 2.28. The van der Waals surface area contributed by atoms with E-state index in [1.54, 1.807) is 6.92 Å². The second kappa shape index (κ2) is 5.38. The molecule has 19 heavy (non-hydrogen) atoms. The SMILES string of the molecule is CO[C@@H]1[C@H](O)[C@@H](CO)O[C@H]1N1C=C(C)C(=O)CC1=O. The molecule has 2 heterocycles. The Morgan fingerprint density at radius 1 is 1.53 bits per heavy atom. The molecule has 0 spiro atoms. The fourth-order valence-corrected chi connectivity index (χ4v) is 2.28. The van der Waals surface area contributed by atoms with Crippen molar-refractivity contribution in [3.63, 3.8) is 0 Å². The quantitative estimate of drug-likeness (QED) is 0.625. The number of hydrogen-bond donors (Lipinski definition) is 2. The molecule has 0 unspecified atom stereocenters. The van der Waals surface area contributed by atoms with Gasteiger partial charge in [0.1, 0.15) is 18.3 Å². The highest BCUT2D eigenvalue weighted by atomic mass is 16.6. The number of amides is 1. The largest absolute Gasteiger partial charge is 0.394 e. The number of allylic oxidation sites excluding steroid dienone is 1. The fraction of sp³-hybridized carbons (Fsp3) is 0.667. The first-order valence-electron chi connectivity index (χ1n) is 5.99. The van der Waals surface area contributed by atoms with Crippen molar-refractivity contribution >= 4 is 11.7 Å². The van der Waals surface area contributed by atoms with Crippen molar-refractivity contribution in [1.82, 2.24) is 4.90 Å². The van der Waals surface area contributed by atoms with E-state index in [1.807, 2.05) is 0 Å². The Kier molecular flexibility index (Phi) is 4.00. The zero-order chi connectivity index (χ0) is 14.2. The molecule has 7 nitrogen and oxygen atoms in total. The van der Waals surface area contributed by atoms with Crippen LogP contribution in [0.4, 0.5) is 0 Å². The number of nitrogens with zero attached hydrogens (tertiary/aromatic N) is 1. The van der Waals surface area contributed by atoms with E-state index in [2.05, 4.69) is 0 Å². The van der Waals surface area contributed by atoms with Crippen LogP contribution in [-0.2, 0) is 19.1 Å². The second-order valence-corrected chi connectivity index (χ2v) is 4.65. The van der Waals surface area contributed by atoms with Crippen molar-refractivity contribution in [3.05, 3.63) is 11.8 Å². The summed E-state index contributed by atoms with van der Waals surface area (Å²) >= 11 is 0. The predicted octanol–water partition coefficient (Wildman–Crippen LogP) is -1.22. The van der Waals surface area contributed by atoms with Crippen LogP contribution in [0.3, 0.4) is 0 Å². The molecule has 0 aliphatic carbocycles. The summed E-state index contributed by atoms with van der Waals surface area (Å²) in [5, 5.41) is 19.0. The van der Waals surface area contributed by atoms with Gasteiger partial charge in [-0.05, 0) is 6.92 Å². The van der Waals surface area contributed by atoms with Crippen LogP contribution in [0.1, 0.15) is 13.3 Å². The van der Waals surface area contributed by atoms with Gasteiger partial charge in [0, 0.05) is 18.9 Å². The lowest BCUT2D eigenvalue weighted by Crippen LogP contribution is -2.47. The van der Waals surface area contributed by atoms with Crippen LogP contribution in [0.2, 0.25) is 0 Å². The molecule has 0 bridgehead atoms. The van der Waals surface area contributed by atoms with E-state index in [9.17, 15) is 14.7 Å². The van der Waals surface area contributed by atoms with Gasteiger partial charge < -0.3 is 19.7 Å². The van der Waals surface area contributed by atoms with Gasteiger partial charge in [-0.1, -0.05) is 0 Å². The molecule has 7 heteroatoms. The second-order valence-electron chi connectivity index (χ2n) is 4.65. The molecule has 0 aromatic heterocycles. The third-order valence-corrected chi connectivity index (χ3v) is 3.41. The molecule has 1 amide bonds. The third kappa shape index (κ3) is 2.42. The summed E-state index contributed by atoms with van der Waals surface area (Å²) in [5.41, 5.74) is 0.444. The number of ether oxygens (including phenoxy) is 2. The molecule has 0 radical (unpaired) electrons. The number of Topliss-reactive ketones (excluding diaryl/α,β-unsaturated/α-hetero) is 1. The van der Waals surface area contributed by atoms with E-state index in [-0.39, 0.29) is 18.8 Å². The van der Waals surface area contributed by atoms with Crippen molar-refractivity contribution in [2.75, 3.05) is 13.7 Å². The molecule has 2 aliphatic heterocycles. The number of methoxy groups -OCH3 is 1. The van der Waals surface area contributed by atoms with Gasteiger partial charge in [-0.15, -0.1) is 0 Å². The molecule has 2 N–H and O–H groups in total. The predicted molar refractivity (Wildman–Crippen MR) is 62.8 cm³/mol. The van der Waals surface area contributed by atoms with E-state index in [0.29, 0.717) is 5.57 Å². The van der Waals surface area contributed by atoms with E-state index in [1.165, 1.54) is 18.2 Å². The summed E-state index contributed by atoms with van der Waals surface area (Å²) in [4.78, 5) is 24.6. The summed E-state index contributed by atoms with van der Waals surface area (Å²) in [6, 6.07) is 0. The molecule has 2 rings (SSSR count). The lowest BCUT2D eigenvalue weighted by Gasteiger charge is -2.31. The number of hydrogen-bond acceptors (Lipinski definition) is 6. The summed E-state index contributed by atoms with van der Waals surface area (Å²) in [6.07, 6.45) is -2.27. The first-order valence-corrected chi connectivity index (χ1v) is 5.99. The zero-order valence-electron chi connectivity index (χ0n) is 10.8. The minimum atomic E-state index is -1.03. The van der Waals surface area contributed by atoms with Gasteiger partial charge in [0.15, 0.2) is 12.0 Å². The van der Waals surface area contributed by atoms with Crippen LogP contribution in [0.5, 0.6) is 0 Å². The Bertz CT molecular complexity index is 420. The van der Waals surface area contributed by atoms with Crippen molar-refractivity contribution in [1.29, 1.82) is 0 Å². The Morgan fingerprint density at radius 3 is 2.79 bits per heavy atom. The first-order chi connectivity index (χ1) is 8.99. The summed E-state index contributed by atoms with van der Waals surface area (Å²) in [6.45, 7) is 1.24. The van der Waals surface area contributed by atoms with Crippen molar-refractivity contribution < 1.29 is 29.3 Å². The lowest BCUT2D eigenvalue weighted by molar-refractivity contribution is -0.150. The van der Waals surface area contributed by atoms with Gasteiger partial charge in [0.2, 0.25) is 5.91 Å². The van der Waals surface area contributed by atoms with Gasteiger partial charge in [-0.25, -0.2) is 0 Å². The fourth-order valence-electron chi connectivity index (χ4n) is 2.28. The maximum Gasteiger partial charge on any atom is 0.236 e. The highest BCUT2D eigenvalue weighted by molar-refractivity contribution is 6.09. The highest BCUT2D eigenvalue weighted by Gasteiger charge is 2.48. The Labute approximate surface area is 110 Å². The molecular formula is C12H17NO6. The summed E-state index contributed by atoms with van der Waals surface area (Å²) in [7, 11) is 1.39. The van der Waals surface area contributed by atoms with Gasteiger partial charge >= 0.3 is 0 Å². The number of aliphatic hydroxyl groups excluding tert-OH is 2. The lowest BCUT2D eigenvalue weighted by atomic mass is 10.1. The summed E-state index contributed by atoms with van der Waals surface area (Å²) < 4.78 is 10.6. The zero-order valence-corrected chi connectivity index (χ0v) is 10.8. The van der Waals surface area contributed by atoms with E-state index in [4.69, 9.17) is 14.6 Å². The molecule has 1 saturated heterocycles. The molecule has 1 fully saturated rings. The molecule has 0 aromatic rings. The average molecular weight is 271 g/mol. The van der Waals surface area contributed by atoms with Crippen LogP contribution in [0.25, 0.3) is 0 Å². The number of carbonyl (C=O) groups is 2. The monoisotopic (exact) mass is 271 g/mol. The smallest absolute Gasteiger partial charge is 0.236 e. The first kappa shape index (κ1) is 14.1. The Balaban J connectivity index is 2.25. The number of carbonyl (C=O) groups excluding carboxylic acids is 2. The van der Waals surface area contributed by atoms with Crippen LogP contribution >= 0.6 is 0 Å². The van der Waals surface area contributed by atoms with Gasteiger partial charge in [0.25, 0.3) is 0 Å². The van der Waals surface area contributed by atoms with Crippen LogP contribution in [0.15, 0.2) is 11.8 Å². The van der Waals surface area contributed by atoms with Crippen LogP contribution < -0.4 is 0 Å². The van der Waals surface area contributed by atoms with E-state index in [0.717, 1.165) is 0 Å². The molecule has 0 saturated carbocycles. The maximum absolute atomic E-state index is 11.9. The number of rotatable bonds is 3. The van der Waals surface area contributed by atoms with E-state index >= 15 is 0 Å². The van der Waals surface area contributed by atoms with Gasteiger partial charge in [0.05, 0.1) is 13.0 Å². The number of ketones is 1. The van der Waals surface area contributed by atoms with Crippen molar-refractivity contribution in [2.24, 2.45) is 0 Å². The van der Waals surface area contributed by atoms with Gasteiger partial charge in [-0.3, -0.25) is 14.5 Å². The summed E-state index contributed by atoms with van der Waals surface area (Å²) in [5.74, 6) is -0.638. The van der Waals surface area contributed by atoms with E-state index < -0.39 is 30.4 Å². The standard InChI is InChI=1S/C12H17NO6/c1-6-4-13(9(16)3-7(6)15)12-11(18-2)10(17)8(5-14)19-12/h4,8,10-12,14,17H,3,5H2,1-2H3/t8-,10-,11-,12-/m1/s1. The van der Waals surface area contributed by atoms with Crippen LogP contribution in [-0.4, -0.2) is 65.1 Å². The minimum absolute atomic E-state index is 0.224. The maximum atomic E-state index is 11.9. The van der Waals surface area contributed by atoms with Gasteiger partial charge in [-0.2, -0.15) is 0 Å². The number of aliphatic hydroxyl groups is 2. The topological polar surface area (TPSA) is 96.3 Å². The van der Waals surface area contributed by atoms with Crippen molar-refractivity contribution in [3.8, 4) is 0 Å².